The third kappa shape index (κ3) is 5.21. The molecule has 0 saturated heterocycles. The molecule has 1 saturated carbocycles. The Morgan fingerprint density at radius 3 is 3.00 bits per heavy atom. The van der Waals surface area contributed by atoms with Crippen LogP contribution in [0.1, 0.15) is 43.5 Å². The van der Waals surface area contributed by atoms with Gasteiger partial charge in [0.25, 0.3) is 0 Å². The molecule has 6 nitrogen and oxygen atoms in total. The summed E-state index contributed by atoms with van der Waals surface area (Å²) in [5.74, 6) is 1.73. The van der Waals surface area contributed by atoms with Gasteiger partial charge in [0.1, 0.15) is 16.9 Å². The standard InChI is InChI=1S/C19H23N5OS2/c1-2-9-24-16(11-14-6-4-3-5-7-14)22-23-19(24)27-13-17(25)21-18-15(12-20)8-10-26-18/h2,8,10,14H,1,3-7,9,11,13H2,(H,21,25). The van der Waals surface area contributed by atoms with Crippen molar-refractivity contribution in [2.75, 3.05) is 11.1 Å². The Morgan fingerprint density at radius 1 is 1.44 bits per heavy atom. The number of nitriles is 1. The van der Waals surface area contributed by atoms with Crippen LogP contribution in [-0.2, 0) is 17.8 Å². The van der Waals surface area contributed by atoms with Crippen LogP contribution in [0.4, 0.5) is 5.00 Å². The van der Waals surface area contributed by atoms with Crippen LogP contribution in [0.2, 0.25) is 0 Å². The number of nitrogens with one attached hydrogen (secondary N) is 1. The monoisotopic (exact) mass is 401 g/mol. The van der Waals surface area contributed by atoms with E-state index in [2.05, 4.69) is 32.7 Å². The maximum Gasteiger partial charge on any atom is 0.235 e. The maximum absolute atomic E-state index is 12.2. The Morgan fingerprint density at radius 2 is 2.26 bits per heavy atom. The van der Waals surface area contributed by atoms with Crippen molar-refractivity contribution >= 4 is 34.0 Å². The topological polar surface area (TPSA) is 83.6 Å². The summed E-state index contributed by atoms with van der Waals surface area (Å²) in [5.41, 5.74) is 0.489. The summed E-state index contributed by atoms with van der Waals surface area (Å²) in [4.78, 5) is 12.2. The number of hydrogen-bond acceptors (Lipinski definition) is 6. The Hall–Kier alpha value is -2.11. The highest BCUT2D eigenvalue weighted by atomic mass is 32.2. The van der Waals surface area contributed by atoms with Crippen molar-refractivity contribution < 1.29 is 4.79 Å². The molecule has 8 heteroatoms. The SMILES string of the molecule is C=CCn1c(CC2CCCCC2)nnc1SCC(=O)Nc1sccc1C#N. The number of amides is 1. The van der Waals surface area contributed by atoms with Crippen LogP contribution < -0.4 is 5.32 Å². The van der Waals surface area contributed by atoms with Gasteiger partial charge in [-0.25, -0.2) is 0 Å². The van der Waals surface area contributed by atoms with Crippen molar-refractivity contribution in [1.29, 1.82) is 5.26 Å². The summed E-state index contributed by atoms with van der Waals surface area (Å²) >= 11 is 2.71. The molecule has 1 amide bonds. The lowest BCUT2D eigenvalue weighted by Crippen LogP contribution is -2.15. The van der Waals surface area contributed by atoms with Crippen molar-refractivity contribution in [1.82, 2.24) is 14.8 Å². The van der Waals surface area contributed by atoms with E-state index in [4.69, 9.17) is 5.26 Å². The van der Waals surface area contributed by atoms with Crippen molar-refractivity contribution in [3.63, 3.8) is 0 Å². The number of nitrogens with zero attached hydrogens (tertiary/aromatic N) is 4. The van der Waals surface area contributed by atoms with Gasteiger partial charge >= 0.3 is 0 Å². The first kappa shape index (κ1) is 19.6. The number of carbonyl (C=O) groups is 1. The summed E-state index contributed by atoms with van der Waals surface area (Å²) < 4.78 is 2.06. The van der Waals surface area contributed by atoms with Crippen LogP contribution >= 0.6 is 23.1 Å². The largest absolute Gasteiger partial charge is 0.316 e. The third-order valence-corrected chi connectivity index (χ3v) is 6.47. The van der Waals surface area contributed by atoms with Crippen LogP contribution in [0.25, 0.3) is 0 Å². The van der Waals surface area contributed by atoms with Gasteiger partial charge in [0.05, 0.1) is 11.3 Å². The molecule has 0 unspecified atom stereocenters. The van der Waals surface area contributed by atoms with E-state index in [1.165, 1.54) is 55.2 Å². The minimum Gasteiger partial charge on any atom is -0.316 e. The molecule has 0 aliphatic heterocycles. The van der Waals surface area contributed by atoms with Crippen molar-refractivity contribution in [3.8, 4) is 6.07 Å². The molecule has 2 aromatic rings. The molecule has 3 rings (SSSR count). The van der Waals surface area contributed by atoms with Crippen molar-refractivity contribution in [3.05, 3.63) is 35.5 Å². The number of carbonyl (C=O) groups excluding carboxylic acids is 1. The smallest absolute Gasteiger partial charge is 0.235 e. The number of aromatic nitrogens is 3. The van der Waals surface area contributed by atoms with Gasteiger partial charge < -0.3 is 9.88 Å². The fourth-order valence-corrected chi connectivity index (χ4v) is 4.85. The van der Waals surface area contributed by atoms with E-state index in [9.17, 15) is 4.79 Å². The highest BCUT2D eigenvalue weighted by Gasteiger charge is 2.20. The molecule has 1 aliphatic carbocycles. The van der Waals surface area contributed by atoms with Gasteiger partial charge in [-0.1, -0.05) is 49.9 Å². The van der Waals surface area contributed by atoms with Crippen molar-refractivity contribution in [2.45, 2.75) is 50.2 Å². The molecule has 1 N–H and O–H groups in total. The average Bonchev–Trinajstić information content (AvgIpc) is 3.28. The second-order valence-electron chi connectivity index (χ2n) is 6.62. The Balaban J connectivity index is 1.61. The molecule has 0 spiro atoms. The molecule has 142 valence electrons. The van der Waals surface area contributed by atoms with Crippen LogP contribution in [0, 0.1) is 17.2 Å². The number of rotatable bonds is 8. The first-order valence-electron chi connectivity index (χ1n) is 9.14. The van der Waals surface area contributed by atoms with E-state index >= 15 is 0 Å². The van der Waals surface area contributed by atoms with Crippen LogP contribution in [0.5, 0.6) is 0 Å². The fraction of sp³-hybridized carbons (Fsp3) is 0.474. The number of allylic oxidation sites excluding steroid dienone is 1. The lowest BCUT2D eigenvalue weighted by Gasteiger charge is -2.21. The van der Waals surface area contributed by atoms with E-state index < -0.39 is 0 Å². The molecular weight excluding hydrogens is 378 g/mol. The van der Waals surface area contributed by atoms with Crippen LogP contribution in [0.3, 0.4) is 0 Å². The summed E-state index contributed by atoms with van der Waals surface area (Å²) in [6.45, 7) is 4.48. The molecular formula is C19H23N5OS2. The molecule has 2 heterocycles. The minimum absolute atomic E-state index is 0.152. The Kier molecular flexibility index (Phi) is 7.07. The first-order chi connectivity index (χ1) is 13.2. The normalized spacial score (nSPS) is 14.6. The predicted octanol–water partition coefficient (Wildman–Crippen LogP) is 4.25. The minimum atomic E-state index is -0.152. The summed E-state index contributed by atoms with van der Waals surface area (Å²) in [5, 5.41) is 23.6. The lowest BCUT2D eigenvalue weighted by molar-refractivity contribution is -0.113. The number of thiophene rings is 1. The van der Waals surface area contributed by atoms with E-state index in [1.54, 1.807) is 11.4 Å². The van der Waals surface area contributed by atoms with Crippen LogP contribution in [-0.4, -0.2) is 26.4 Å². The average molecular weight is 402 g/mol. The molecule has 1 aliphatic rings. The number of anilines is 1. The Bertz CT molecular complexity index is 830. The zero-order valence-corrected chi connectivity index (χ0v) is 16.8. The van der Waals surface area contributed by atoms with Gasteiger partial charge in [-0.2, -0.15) is 5.26 Å². The number of thioether (sulfide) groups is 1. The van der Waals surface area contributed by atoms with Gasteiger partial charge in [0, 0.05) is 13.0 Å². The summed E-state index contributed by atoms with van der Waals surface area (Å²) in [6.07, 6.45) is 9.23. The molecule has 0 bridgehead atoms. The molecule has 1 fully saturated rings. The molecule has 2 aromatic heterocycles. The zero-order valence-electron chi connectivity index (χ0n) is 15.2. The predicted molar refractivity (Wildman–Crippen MR) is 109 cm³/mol. The molecule has 27 heavy (non-hydrogen) atoms. The number of hydrogen-bond donors (Lipinski definition) is 1. The molecule has 0 radical (unpaired) electrons. The summed E-state index contributed by atoms with van der Waals surface area (Å²) in [6, 6.07) is 3.77. The second kappa shape index (κ2) is 9.72. The van der Waals surface area contributed by atoms with Gasteiger partial charge in [0.15, 0.2) is 5.16 Å². The fourth-order valence-electron chi connectivity index (χ4n) is 3.33. The first-order valence-corrected chi connectivity index (χ1v) is 11.0. The second-order valence-corrected chi connectivity index (χ2v) is 8.48. The molecule has 0 aromatic carbocycles. The van der Waals surface area contributed by atoms with E-state index in [1.807, 2.05) is 6.08 Å². The van der Waals surface area contributed by atoms with Gasteiger partial charge in [-0.15, -0.1) is 28.1 Å². The van der Waals surface area contributed by atoms with Gasteiger partial charge in [-0.3, -0.25) is 4.79 Å². The zero-order chi connectivity index (χ0) is 19.1. The lowest BCUT2D eigenvalue weighted by atomic mass is 9.87. The Labute approximate surface area is 167 Å². The molecule has 0 atom stereocenters. The van der Waals surface area contributed by atoms with Gasteiger partial charge in [-0.05, 0) is 17.4 Å². The highest BCUT2D eigenvalue weighted by molar-refractivity contribution is 7.99. The quantitative estimate of drug-likeness (QED) is 0.528. The summed E-state index contributed by atoms with van der Waals surface area (Å²) in [7, 11) is 0. The van der Waals surface area contributed by atoms with Gasteiger partial charge in [0.2, 0.25) is 5.91 Å². The highest BCUT2D eigenvalue weighted by Crippen LogP contribution is 2.28. The van der Waals surface area contributed by atoms with Crippen molar-refractivity contribution in [2.24, 2.45) is 5.92 Å². The van der Waals surface area contributed by atoms with E-state index in [0.717, 1.165) is 17.4 Å². The third-order valence-electron chi connectivity index (χ3n) is 4.67. The maximum atomic E-state index is 12.2. The van der Waals surface area contributed by atoms with E-state index in [0.29, 0.717) is 23.0 Å². The van der Waals surface area contributed by atoms with E-state index in [-0.39, 0.29) is 11.7 Å². The van der Waals surface area contributed by atoms with Crippen LogP contribution in [0.15, 0.2) is 29.3 Å².